The van der Waals surface area contributed by atoms with Crippen molar-refractivity contribution in [1.82, 2.24) is 0 Å². The van der Waals surface area contributed by atoms with E-state index < -0.39 is 56.8 Å². The number of aromatic hydroxyl groups is 4. The second-order valence-corrected chi connectivity index (χ2v) is 11.6. The first-order valence-corrected chi connectivity index (χ1v) is 14.7. The number of allylic oxidation sites excluding steroid dienone is 4. The molecule has 0 fully saturated rings. The Hall–Kier alpha value is -5.57. The molecular formula is C36H33B2NO8. The first-order chi connectivity index (χ1) is 22.2. The van der Waals surface area contributed by atoms with Crippen molar-refractivity contribution >= 4 is 60.3 Å². The molecule has 0 bridgehead atoms. The third kappa shape index (κ3) is 5.48. The lowest BCUT2D eigenvalue weighted by atomic mass is 9.76. The van der Waals surface area contributed by atoms with Crippen LogP contribution in [0, 0.1) is 6.92 Å². The molecule has 5 rings (SSSR count). The van der Waals surface area contributed by atoms with Gasteiger partial charge in [0.05, 0.1) is 16.9 Å². The van der Waals surface area contributed by atoms with Crippen LogP contribution in [0.1, 0.15) is 50.3 Å². The number of benzene rings is 4. The highest BCUT2D eigenvalue weighted by Crippen LogP contribution is 2.58. The molecule has 47 heavy (non-hydrogen) atoms. The summed E-state index contributed by atoms with van der Waals surface area (Å²) >= 11 is 0. The third-order valence-corrected chi connectivity index (χ3v) is 8.21. The topological polar surface area (TPSA) is 158 Å². The van der Waals surface area contributed by atoms with Gasteiger partial charge in [-0.2, -0.15) is 0 Å². The van der Waals surface area contributed by atoms with Gasteiger partial charge in [-0.1, -0.05) is 55.1 Å². The largest absolute Gasteiger partial charge is 0.509 e. The van der Waals surface area contributed by atoms with E-state index in [0.29, 0.717) is 22.5 Å². The van der Waals surface area contributed by atoms with Crippen molar-refractivity contribution in [3.63, 3.8) is 0 Å². The van der Waals surface area contributed by atoms with Crippen LogP contribution in [0.5, 0.6) is 23.0 Å². The minimum absolute atomic E-state index is 0.0234. The molecule has 0 spiro atoms. The molecule has 4 aromatic carbocycles. The average Bonchev–Trinajstić information content (AvgIpc) is 3.41. The fourth-order valence-electron chi connectivity index (χ4n) is 5.88. The van der Waals surface area contributed by atoms with E-state index in [0.717, 1.165) is 28.8 Å². The molecule has 11 heteroatoms. The van der Waals surface area contributed by atoms with Crippen molar-refractivity contribution < 1.29 is 40.2 Å². The van der Waals surface area contributed by atoms with Gasteiger partial charge in [0.1, 0.15) is 49.8 Å². The highest BCUT2D eigenvalue weighted by molar-refractivity contribution is 6.35. The number of hydrogen-bond acceptors (Lipinski definition) is 9. The highest BCUT2D eigenvalue weighted by atomic mass is 16.3. The first kappa shape index (κ1) is 32.8. The molecule has 0 saturated heterocycles. The van der Waals surface area contributed by atoms with E-state index in [1.165, 1.54) is 11.8 Å². The molecule has 236 valence electrons. The monoisotopic (exact) mass is 629 g/mol. The van der Waals surface area contributed by atoms with Gasteiger partial charge in [-0.3, -0.25) is 0 Å². The average molecular weight is 629 g/mol. The maximum Gasteiger partial charge on any atom is 0.186 e. The number of nitrogens with zero attached hydrogens (tertiary/aromatic N) is 1. The maximum atomic E-state index is 11.6. The molecule has 4 radical (unpaired) electrons. The Balaban J connectivity index is 1.82. The number of rotatable bonds is 7. The Kier molecular flexibility index (Phi) is 8.60. The number of anilines is 3. The van der Waals surface area contributed by atoms with Gasteiger partial charge >= 0.3 is 0 Å². The van der Waals surface area contributed by atoms with Gasteiger partial charge < -0.3 is 45.1 Å². The van der Waals surface area contributed by atoms with Crippen LogP contribution in [0.2, 0.25) is 0 Å². The van der Waals surface area contributed by atoms with E-state index in [4.69, 9.17) is 20.1 Å². The summed E-state index contributed by atoms with van der Waals surface area (Å²) in [6.07, 6.45) is 0. The molecule has 7 N–H and O–H groups in total. The molecule has 0 aliphatic rings. The molecule has 1 heterocycles. The van der Waals surface area contributed by atoms with E-state index in [-0.39, 0.29) is 17.2 Å². The molecule has 0 unspecified atom stereocenters. The lowest BCUT2D eigenvalue weighted by Gasteiger charge is -2.31. The summed E-state index contributed by atoms with van der Waals surface area (Å²) in [7, 11) is 11.7. The number of furan rings is 1. The van der Waals surface area contributed by atoms with Gasteiger partial charge in [0.2, 0.25) is 0 Å². The molecule has 0 saturated carbocycles. The van der Waals surface area contributed by atoms with Crippen molar-refractivity contribution in [3.8, 4) is 23.0 Å². The first-order valence-electron chi connectivity index (χ1n) is 14.7. The van der Waals surface area contributed by atoms with E-state index in [2.05, 4.69) is 0 Å². The summed E-state index contributed by atoms with van der Waals surface area (Å²) in [5, 5.41) is 78.2. The molecule has 5 aromatic rings. The lowest BCUT2D eigenvalue weighted by Crippen LogP contribution is -2.14. The predicted molar refractivity (Wildman–Crippen MR) is 186 cm³/mol. The van der Waals surface area contributed by atoms with Gasteiger partial charge in [-0.15, -0.1) is 0 Å². The quantitative estimate of drug-likeness (QED) is 0.0308. The molecule has 9 nitrogen and oxygen atoms in total. The fourth-order valence-corrected chi connectivity index (χ4v) is 5.88. The Morgan fingerprint density at radius 3 is 1.94 bits per heavy atom. The van der Waals surface area contributed by atoms with Crippen LogP contribution in [0.3, 0.4) is 0 Å². The Morgan fingerprint density at radius 2 is 1.32 bits per heavy atom. The molecular weight excluding hydrogens is 596 g/mol. The minimum atomic E-state index is -0.891. The smallest absolute Gasteiger partial charge is 0.186 e. The minimum Gasteiger partial charge on any atom is -0.509 e. The molecule has 0 amide bonds. The normalized spacial score (nSPS) is 13.5. The zero-order valence-corrected chi connectivity index (χ0v) is 26.5. The summed E-state index contributed by atoms with van der Waals surface area (Å²) in [4.78, 5) is 1.51. The number of fused-ring (bicyclic) bond motifs is 3. The summed E-state index contributed by atoms with van der Waals surface area (Å²) in [5.41, 5.74) is 1.57. The zero-order valence-electron chi connectivity index (χ0n) is 26.5. The molecule has 0 aliphatic carbocycles. The van der Waals surface area contributed by atoms with E-state index in [1.54, 1.807) is 18.2 Å². The molecule has 0 aliphatic heterocycles. The van der Waals surface area contributed by atoms with Gasteiger partial charge in [-0.05, 0) is 62.1 Å². The SMILES string of the molecule is [B]C(=C([B])/C(O)=C(\C)c1c(O)c(O)c(N(c2ccc3c(c2)oc2ccccc23)c2cccc(C)c2C(C)C)c(O)c1O)/C(O)=C(\C)O. The van der Waals surface area contributed by atoms with Crippen molar-refractivity contribution in [2.45, 2.75) is 40.5 Å². The second kappa shape index (κ2) is 12.3. The molecule has 0 atom stereocenters. The number of hydrogen-bond donors (Lipinski definition) is 7. The number of aliphatic hydroxyl groups is 3. The van der Waals surface area contributed by atoms with E-state index in [1.807, 2.05) is 63.2 Å². The van der Waals surface area contributed by atoms with E-state index in [9.17, 15) is 35.7 Å². The van der Waals surface area contributed by atoms with Crippen LogP contribution in [-0.2, 0) is 0 Å². The number of para-hydroxylation sites is 1. The van der Waals surface area contributed by atoms with Gasteiger partial charge in [-0.25, -0.2) is 0 Å². The lowest BCUT2D eigenvalue weighted by molar-refractivity contribution is 0.337. The second-order valence-electron chi connectivity index (χ2n) is 11.6. The maximum absolute atomic E-state index is 11.6. The predicted octanol–water partition coefficient (Wildman–Crippen LogP) is 8.50. The van der Waals surface area contributed by atoms with Gasteiger partial charge in [0.15, 0.2) is 23.0 Å². The van der Waals surface area contributed by atoms with Crippen LogP contribution in [0.25, 0.3) is 27.5 Å². The third-order valence-electron chi connectivity index (χ3n) is 8.21. The summed E-state index contributed by atoms with van der Waals surface area (Å²) in [6.45, 7) is 8.31. The summed E-state index contributed by atoms with van der Waals surface area (Å²) < 4.78 is 6.13. The van der Waals surface area contributed by atoms with Crippen molar-refractivity contribution in [2.75, 3.05) is 4.90 Å². The van der Waals surface area contributed by atoms with Crippen molar-refractivity contribution in [3.05, 3.63) is 106 Å². The Bertz CT molecular complexity index is 2130. The molecule has 1 aromatic heterocycles. The van der Waals surface area contributed by atoms with Crippen LogP contribution in [0.15, 0.2) is 93.3 Å². The van der Waals surface area contributed by atoms with Crippen molar-refractivity contribution in [1.29, 1.82) is 0 Å². The van der Waals surface area contributed by atoms with Gasteiger partial charge in [0, 0.05) is 22.4 Å². The summed E-state index contributed by atoms with van der Waals surface area (Å²) in [6, 6.07) is 18.4. The van der Waals surface area contributed by atoms with Crippen LogP contribution < -0.4 is 4.90 Å². The van der Waals surface area contributed by atoms with Gasteiger partial charge in [0.25, 0.3) is 0 Å². The standard InChI is InChI=1S/C36H33B2NO8/c1-16(2)26-17(3)9-8-11-23(26)39(20-13-14-22-21-10-6-7-12-24(21)47-25(22)15-20)30-35(45)33(43)27(34(44)36(30)46)18(4)31(41)28(37)29(38)32(42)19(5)40/h6-16,40-46H,1-5H3/b29-28-,31-18-,32-19-. The van der Waals surface area contributed by atoms with Crippen molar-refractivity contribution in [2.24, 2.45) is 0 Å². The Labute approximate surface area is 274 Å². The fraction of sp³-hybridized carbons (Fsp3) is 0.167. The number of phenolic OH excluding ortho intramolecular Hbond substituents is 4. The number of phenols is 4. The van der Waals surface area contributed by atoms with Crippen LogP contribution in [0.4, 0.5) is 17.1 Å². The number of aryl methyl sites for hydroxylation is 1. The number of aliphatic hydroxyl groups excluding tert-OH is 3. The highest BCUT2D eigenvalue weighted by Gasteiger charge is 2.32. The summed E-state index contributed by atoms with van der Waals surface area (Å²) in [5.74, 6) is -5.63. The van der Waals surface area contributed by atoms with Crippen LogP contribution in [-0.4, -0.2) is 51.4 Å². The zero-order chi connectivity index (χ0) is 34.5. The van der Waals surface area contributed by atoms with Crippen LogP contribution >= 0.6 is 0 Å². The van der Waals surface area contributed by atoms with E-state index >= 15 is 0 Å². The Morgan fingerprint density at radius 1 is 0.723 bits per heavy atom.